The SMILES string of the molecule is C#C.C=C(C)C1=C=C(c2ccccc2)C=C1.C=C(C)c1cccc(N)c1.CCc1ccccc1. The third-order valence-electron chi connectivity index (χ3n) is 4.86. The van der Waals surface area contributed by atoms with Gasteiger partial charge in [-0.05, 0) is 66.8 Å². The number of allylic oxidation sites excluding steroid dienone is 5. The third kappa shape index (κ3) is 9.92. The molecule has 172 valence electrons. The Kier molecular flexibility index (Phi) is 12.7. The summed E-state index contributed by atoms with van der Waals surface area (Å²) < 4.78 is 0. The van der Waals surface area contributed by atoms with Gasteiger partial charge in [0.1, 0.15) is 0 Å². The summed E-state index contributed by atoms with van der Waals surface area (Å²) >= 11 is 0. The van der Waals surface area contributed by atoms with Crippen molar-refractivity contribution in [3.05, 3.63) is 144 Å². The standard InChI is InChI=1S/C14H12.C9H11N.C8H10.C2H2/c1-11(2)13-8-9-14(10-13)12-6-4-3-5-7-12;1-7(2)8-4-3-5-9(10)6-8;1-2-8-6-4-3-5-7-8;1-2/h3-9H,1H2,2H3;3-6H,1,10H2,2H3;3-7H,2H2,1H3;1-2H. The molecule has 1 aliphatic carbocycles. The van der Waals surface area contributed by atoms with E-state index in [1.807, 2.05) is 62.4 Å². The number of terminal acetylenes is 1. The van der Waals surface area contributed by atoms with Crippen LogP contribution in [0.25, 0.3) is 11.1 Å². The predicted molar refractivity (Wildman–Crippen MR) is 152 cm³/mol. The molecule has 34 heavy (non-hydrogen) atoms. The summed E-state index contributed by atoms with van der Waals surface area (Å²) in [6, 6.07) is 28.4. The molecule has 4 rings (SSSR count). The van der Waals surface area contributed by atoms with E-state index in [4.69, 9.17) is 5.73 Å². The van der Waals surface area contributed by atoms with E-state index in [9.17, 15) is 0 Å². The van der Waals surface area contributed by atoms with Gasteiger partial charge in [-0.15, -0.1) is 18.6 Å². The largest absolute Gasteiger partial charge is 0.399 e. The maximum atomic E-state index is 5.56. The van der Waals surface area contributed by atoms with Gasteiger partial charge in [0.25, 0.3) is 0 Å². The van der Waals surface area contributed by atoms with E-state index in [0.717, 1.165) is 40.0 Å². The first-order valence-electron chi connectivity index (χ1n) is 11.2. The fourth-order valence-electron chi connectivity index (χ4n) is 2.95. The van der Waals surface area contributed by atoms with Gasteiger partial charge in [0.2, 0.25) is 0 Å². The number of hydrogen-bond donors (Lipinski definition) is 1. The zero-order valence-electron chi connectivity index (χ0n) is 20.6. The van der Waals surface area contributed by atoms with Gasteiger partial charge in [-0.3, -0.25) is 0 Å². The zero-order valence-corrected chi connectivity index (χ0v) is 20.6. The van der Waals surface area contributed by atoms with Gasteiger partial charge in [0, 0.05) is 16.8 Å². The fraction of sp³-hybridized carbons (Fsp3) is 0.121. The first-order chi connectivity index (χ1) is 16.4. The number of nitrogens with two attached hydrogens (primary N) is 1. The van der Waals surface area contributed by atoms with Crippen molar-refractivity contribution in [1.29, 1.82) is 0 Å². The normalized spacial score (nSPS) is 10.6. The lowest BCUT2D eigenvalue weighted by Gasteiger charge is -1.98. The summed E-state index contributed by atoms with van der Waals surface area (Å²) in [5.74, 6) is 0. The molecule has 0 radical (unpaired) electrons. The molecule has 1 heteroatoms. The molecule has 3 aromatic rings. The monoisotopic (exact) mass is 445 g/mol. The molecule has 1 aliphatic rings. The Hall–Kier alpha value is -4.24. The summed E-state index contributed by atoms with van der Waals surface area (Å²) in [7, 11) is 0. The second kappa shape index (κ2) is 15.5. The number of rotatable bonds is 4. The number of benzene rings is 3. The van der Waals surface area contributed by atoms with Crippen LogP contribution < -0.4 is 5.73 Å². The maximum Gasteiger partial charge on any atom is 0.0320 e. The molecule has 0 aromatic heterocycles. The molecule has 0 atom stereocenters. The van der Waals surface area contributed by atoms with Crippen molar-refractivity contribution in [2.75, 3.05) is 5.73 Å². The Bertz CT molecular complexity index is 1170. The van der Waals surface area contributed by atoms with Gasteiger partial charge in [-0.2, -0.15) is 0 Å². The highest BCUT2D eigenvalue weighted by Crippen LogP contribution is 2.23. The number of aryl methyl sites for hydroxylation is 1. The lowest BCUT2D eigenvalue weighted by Crippen LogP contribution is -1.85. The Morgan fingerprint density at radius 2 is 1.38 bits per heavy atom. The summed E-state index contributed by atoms with van der Waals surface area (Å²) in [5.41, 5.74) is 17.8. The lowest BCUT2D eigenvalue weighted by molar-refractivity contribution is 1.14. The van der Waals surface area contributed by atoms with Gasteiger partial charge in [-0.1, -0.05) is 98.5 Å². The van der Waals surface area contributed by atoms with Crippen LogP contribution in [-0.2, 0) is 6.42 Å². The molecule has 0 amide bonds. The van der Waals surface area contributed by atoms with Crippen LogP contribution in [0.4, 0.5) is 5.69 Å². The minimum atomic E-state index is 0.792. The molecule has 0 fully saturated rings. The van der Waals surface area contributed by atoms with Crippen LogP contribution in [0, 0.1) is 12.8 Å². The highest BCUT2D eigenvalue weighted by Gasteiger charge is 2.03. The molecule has 0 heterocycles. The molecule has 0 bridgehead atoms. The van der Waals surface area contributed by atoms with Gasteiger partial charge in [0.05, 0.1) is 0 Å². The van der Waals surface area contributed by atoms with E-state index < -0.39 is 0 Å². The summed E-state index contributed by atoms with van der Waals surface area (Å²) in [6.07, 6.45) is 13.3. The Morgan fingerprint density at radius 3 is 1.79 bits per heavy atom. The number of hydrogen-bond acceptors (Lipinski definition) is 1. The second-order valence-corrected chi connectivity index (χ2v) is 7.68. The first-order valence-corrected chi connectivity index (χ1v) is 11.2. The van der Waals surface area contributed by atoms with Crippen LogP contribution in [0.2, 0.25) is 0 Å². The molecular weight excluding hydrogens is 410 g/mol. The van der Waals surface area contributed by atoms with E-state index in [2.05, 4.69) is 87.2 Å². The molecule has 0 spiro atoms. The van der Waals surface area contributed by atoms with E-state index in [1.165, 1.54) is 11.1 Å². The number of anilines is 1. The van der Waals surface area contributed by atoms with Gasteiger partial charge in [-0.25, -0.2) is 0 Å². The van der Waals surface area contributed by atoms with Crippen LogP contribution in [0.5, 0.6) is 0 Å². The Labute approximate surface area is 206 Å². The molecule has 0 saturated carbocycles. The topological polar surface area (TPSA) is 26.0 Å². The van der Waals surface area contributed by atoms with Crippen LogP contribution >= 0.6 is 0 Å². The zero-order chi connectivity index (χ0) is 25.3. The fourth-order valence-corrected chi connectivity index (χ4v) is 2.95. The van der Waals surface area contributed by atoms with Gasteiger partial charge < -0.3 is 5.73 Å². The van der Waals surface area contributed by atoms with Crippen LogP contribution in [0.3, 0.4) is 0 Å². The van der Waals surface area contributed by atoms with Crippen molar-refractivity contribution in [1.82, 2.24) is 0 Å². The van der Waals surface area contributed by atoms with Crippen LogP contribution in [0.1, 0.15) is 37.5 Å². The van der Waals surface area contributed by atoms with Crippen LogP contribution in [-0.4, -0.2) is 0 Å². The van der Waals surface area contributed by atoms with Crippen molar-refractivity contribution in [2.45, 2.75) is 27.2 Å². The van der Waals surface area contributed by atoms with E-state index >= 15 is 0 Å². The quantitative estimate of drug-likeness (QED) is 0.243. The lowest BCUT2D eigenvalue weighted by atomic mass is 10.1. The minimum Gasteiger partial charge on any atom is -0.399 e. The smallest absolute Gasteiger partial charge is 0.0320 e. The van der Waals surface area contributed by atoms with Crippen molar-refractivity contribution in [3.8, 4) is 12.8 Å². The Balaban J connectivity index is 0.000000256. The van der Waals surface area contributed by atoms with Crippen molar-refractivity contribution in [2.24, 2.45) is 0 Å². The van der Waals surface area contributed by atoms with E-state index in [1.54, 1.807) is 0 Å². The average molecular weight is 446 g/mol. The molecular formula is C33H35N. The molecule has 0 unspecified atom stereocenters. The second-order valence-electron chi connectivity index (χ2n) is 7.68. The minimum absolute atomic E-state index is 0.792. The molecule has 0 aliphatic heterocycles. The highest BCUT2D eigenvalue weighted by atomic mass is 14.5. The molecule has 0 saturated heterocycles. The van der Waals surface area contributed by atoms with Crippen molar-refractivity contribution < 1.29 is 0 Å². The summed E-state index contributed by atoms with van der Waals surface area (Å²) in [6.45, 7) is 13.8. The highest BCUT2D eigenvalue weighted by molar-refractivity contribution is 5.78. The van der Waals surface area contributed by atoms with Crippen molar-refractivity contribution in [3.63, 3.8) is 0 Å². The molecule has 3 aromatic carbocycles. The van der Waals surface area contributed by atoms with Gasteiger partial charge >= 0.3 is 0 Å². The van der Waals surface area contributed by atoms with Gasteiger partial charge in [0.15, 0.2) is 0 Å². The van der Waals surface area contributed by atoms with E-state index in [-0.39, 0.29) is 0 Å². The predicted octanol–water partition coefficient (Wildman–Crippen LogP) is 8.54. The van der Waals surface area contributed by atoms with Crippen LogP contribution in [0.15, 0.2) is 127 Å². The molecule has 1 nitrogen and oxygen atoms in total. The molecule has 2 N–H and O–H groups in total. The number of nitrogen functional groups attached to an aromatic ring is 1. The average Bonchev–Trinajstić information content (AvgIpc) is 3.38. The maximum absolute atomic E-state index is 5.56. The summed E-state index contributed by atoms with van der Waals surface area (Å²) in [5, 5.41) is 0. The third-order valence-corrected chi connectivity index (χ3v) is 4.86. The van der Waals surface area contributed by atoms with E-state index in [0.29, 0.717) is 0 Å². The summed E-state index contributed by atoms with van der Waals surface area (Å²) in [4.78, 5) is 0. The Morgan fingerprint density at radius 1 is 0.794 bits per heavy atom. The van der Waals surface area contributed by atoms with Crippen molar-refractivity contribution >= 4 is 16.8 Å². The first kappa shape index (κ1) is 27.8.